The van der Waals surface area contributed by atoms with Gasteiger partial charge in [-0.3, -0.25) is 4.98 Å². The Balaban J connectivity index is 1.47. The number of nitrogens with zero attached hydrogens (tertiary/aromatic N) is 5. The number of fused-ring (bicyclic) bond motifs is 1. The maximum absolute atomic E-state index is 13.8. The molecule has 0 bridgehead atoms. The van der Waals surface area contributed by atoms with E-state index in [1.54, 1.807) is 35.1 Å². The van der Waals surface area contributed by atoms with Crippen LogP contribution in [0, 0.1) is 17.1 Å². The summed E-state index contributed by atoms with van der Waals surface area (Å²) in [5, 5.41) is 25.0. The summed E-state index contributed by atoms with van der Waals surface area (Å²) in [5.41, 5.74) is -0.855. The van der Waals surface area contributed by atoms with Gasteiger partial charge in [-0.05, 0) is 55.5 Å². The lowest BCUT2D eigenvalue weighted by atomic mass is 9.69. The van der Waals surface area contributed by atoms with E-state index in [0.29, 0.717) is 27.8 Å². The molecule has 1 unspecified atom stereocenters. The first kappa shape index (κ1) is 24.6. The van der Waals surface area contributed by atoms with Gasteiger partial charge in [0.25, 0.3) is 6.43 Å². The van der Waals surface area contributed by atoms with Crippen molar-refractivity contribution in [3.8, 4) is 6.07 Å². The Kier molecular flexibility index (Phi) is 5.76. The van der Waals surface area contributed by atoms with Gasteiger partial charge < -0.3 is 10.6 Å². The minimum absolute atomic E-state index is 0.113. The highest BCUT2D eigenvalue weighted by Gasteiger charge is 2.51. The van der Waals surface area contributed by atoms with E-state index >= 15 is 0 Å². The van der Waals surface area contributed by atoms with Crippen LogP contribution in [0.5, 0.6) is 0 Å². The van der Waals surface area contributed by atoms with Crippen molar-refractivity contribution < 1.29 is 13.2 Å². The van der Waals surface area contributed by atoms with Crippen molar-refractivity contribution in [3.05, 3.63) is 76.5 Å². The normalized spacial score (nSPS) is 17.7. The number of alkyl halides is 2. The third kappa shape index (κ3) is 4.23. The van der Waals surface area contributed by atoms with E-state index in [0.717, 1.165) is 12.8 Å². The molecular formula is C26H20BClF3N7. The topological polar surface area (TPSA) is 91.5 Å². The molecule has 1 atom stereocenters. The molecule has 2 saturated carbocycles. The van der Waals surface area contributed by atoms with E-state index < -0.39 is 23.2 Å². The van der Waals surface area contributed by atoms with Crippen LogP contribution in [0.4, 0.5) is 24.5 Å². The lowest BCUT2D eigenvalue weighted by Gasteiger charge is -2.32. The Morgan fingerprint density at radius 2 is 1.95 bits per heavy atom. The second-order valence-electron chi connectivity index (χ2n) is 9.85. The van der Waals surface area contributed by atoms with Gasteiger partial charge in [0.2, 0.25) is 0 Å². The van der Waals surface area contributed by atoms with Gasteiger partial charge >= 0.3 is 0 Å². The molecule has 0 amide bonds. The maximum atomic E-state index is 13.8. The summed E-state index contributed by atoms with van der Waals surface area (Å²) < 4.78 is 43.1. The number of rotatable bonds is 8. The van der Waals surface area contributed by atoms with Crippen molar-refractivity contribution in [2.75, 3.05) is 10.6 Å². The van der Waals surface area contributed by atoms with Crippen LogP contribution in [0.1, 0.15) is 48.5 Å². The second kappa shape index (κ2) is 8.91. The molecule has 2 N–H and O–H groups in total. The van der Waals surface area contributed by atoms with Crippen LogP contribution in [0.25, 0.3) is 10.9 Å². The first-order valence-corrected chi connectivity index (χ1v) is 12.4. The molecule has 2 fully saturated rings. The molecule has 2 radical (unpaired) electrons. The molecule has 2 aromatic carbocycles. The van der Waals surface area contributed by atoms with Crippen molar-refractivity contribution in [3.63, 3.8) is 0 Å². The largest absolute Gasteiger partial charge is 0.378 e. The van der Waals surface area contributed by atoms with Crippen molar-refractivity contribution in [1.29, 1.82) is 5.26 Å². The molecule has 12 heteroatoms. The SMILES string of the molecule is [B]C(Nc1cc(Cl)c2ncc(C#N)c(NC3(C(F)F)CC3)c2c1)(c1ccc(F)cc1)c1cn(C2CC2)nn1. The number of halogens is 4. The van der Waals surface area contributed by atoms with Crippen molar-refractivity contribution in [2.24, 2.45) is 0 Å². The molecular weight excluding hydrogens is 514 g/mol. The average molecular weight is 534 g/mol. The highest BCUT2D eigenvalue weighted by molar-refractivity contribution is 6.36. The zero-order valence-electron chi connectivity index (χ0n) is 19.9. The molecule has 7 nitrogen and oxygen atoms in total. The Bertz CT molecular complexity index is 1580. The van der Waals surface area contributed by atoms with Gasteiger partial charge in [0.1, 0.15) is 25.4 Å². The summed E-state index contributed by atoms with van der Waals surface area (Å²) in [5.74, 6) is -0.426. The average Bonchev–Trinajstić information content (AvgIpc) is 3.83. The third-order valence-corrected chi connectivity index (χ3v) is 7.39. The number of hydrogen-bond acceptors (Lipinski definition) is 6. The van der Waals surface area contributed by atoms with Gasteiger partial charge in [-0.2, -0.15) is 5.26 Å². The summed E-state index contributed by atoms with van der Waals surface area (Å²) >= 11 is 6.59. The number of nitriles is 1. The highest BCUT2D eigenvalue weighted by atomic mass is 35.5. The molecule has 0 saturated heterocycles. The summed E-state index contributed by atoms with van der Waals surface area (Å²) in [4.78, 5) is 4.29. The van der Waals surface area contributed by atoms with Gasteiger partial charge in [0.15, 0.2) is 0 Å². The fraction of sp³-hybridized carbons (Fsp3) is 0.308. The molecule has 2 aliphatic carbocycles. The standard InChI is InChI=1S/C26H20BClF3N7/c27-26(15-1-3-16(29)4-2-15,21-13-38(37-36-21)18-5-6-18)34-17-9-19-22(35-25(7-8-25)24(30)31)14(11-32)12-33-23(19)20(28)10-17/h1-4,9-10,12-13,18,24,34H,5-8H2,(H,33,35). The van der Waals surface area contributed by atoms with Crippen LogP contribution >= 0.6 is 11.6 Å². The number of anilines is 2. The molecule has 6 rings (SSSR count). The minimum Gasteiger partial charge on any atom is -0.378 e. The third-order valence-electron chi connectivity index (χ3n) is 7.10. The van der Waals surface area contributed by atoms with Crippen LogP contribution in [-0.2, 0) is 5.44 Å². The number of benzene rings is 2. The van der Waals surface area contributed by atoms with E-state index in [4.69, 9.17) is 19.4 Å². The molecule has 38 heavy (non-hydrogen) atoms. The van der Waals surface area contributed by atoms with E-state index in [1.165, 1.54) is 18.3 Å². The van der Waals surface area contributed by atoms with Crippen molar-refractivity contribution in [2.45, 2.75) is 49.1 Å². The van der Waals surface area contributed by atoms with E-state index in [9.17, 15) is 18.4 Å². The zero-order valence-corrected chi connectivity index (χ0v) is 20.7. The van der Waals surface area contributed by atoms with E-state index in [1.807, 2.05) is 6.07 Å². The van der Waals surface area contributed by atoms with Gasteiger partial charge in [0, 0.05) is 17.3 Å². The molecule has 2 heterocycles. The zero-order chi connectivity index (χ0) is 26.7. The van der Waals surface area contributed by atoms with E-state index in [2.05, 4.69) is 25.9 Å². The monoisotopic (exact) mass is 533 g/mol. The minimum atomic E-state index is -2.61. The lowest BCUT2D eigenvalue weighted by molar-refractivity contribution is 0.114. The molecule has 190 valence electrons. The van der Waals surface area contributed by atoms with Crippen molar-refractivity contribution >= 4 is 41.7 Å². The van der Waals surface area contributed by atoms with Crippen molar-refractivity contribution in [1.82, 2.24) is 20.0 Å². The van der Waals surface area contributed by atoms with Crippen LogP contribution in [0.3, 0.4) is 0 Å². The predicted molar refractivity (Wildman–Crippen MR) is 138 cm³/mol. The lowest BCUT2D eigenvalue weighted by Crippen LogP contribution is -2.38. The van der Waals surface area contributed by atoms with Crippen LogP contribution in [0.2, 0.25) is 5.02 Å². The molecule has 2 aromatic heterocycles. The van der Waals surface area contributed by atoms with Gasteiger partial charge in [-0.15, -0.1) is 5.10 Å². The Morgan fingerprint density at radius 1 is 1.21 bits per heavy atom. The van der Waals surface area contributed by atoms with Gasteiger partial charge in [0.05, 0.1) is 45.0 Å². The summed E-state index contributed by atoms with van der Waals surface area (Å²) in [6.07, 6.45) is 2.99. The quantitative estimate of drug-likeness (QED) is 0.290. The smallest absolute Gasteiger partial charge is 0.261 e. The Hall–Kier alpha value is -3.78. The number of aromatic nitrogens is 4. The Morgan fingerprint density at radius 3 is 2.58 bits per heavy atom. The fourth-order valence-electron chi connectivity index (χ4n) is 4.53. The predicted octanol–water partition coefficient (Wildman–Crippen LogP) is 5.52. The molecule has 0 aliphatic heterocycles. The first-order valence-electron chi connectivity index (χ1n) is 12.1. The second-order valence-corrected chi connectivity index (χ2v) is 10.3. The van der Waals surface area contributed by atoms with Crippen LogP contribution in [-0.4, -0.2) is 39.8 Å². The molecule has 4 aromatic rings. The highest BCUT2D eigenvalue weighted by Crippen LogP contribution is 2.46. The summed E-state index contributed by atoms with van der Waals surface area (Å²) in [6, 6.07) is 11.2. The Labute approximate surface area is 222 Å². The first-order chi connectivity index (χ1) is 18.2. The van der Waals surface area contributed by atoms with Crippen LogP contribution < -0.4 is 10.6 Å². The van der Waals surface area contributed by atoms with E-state index in [-0.39, 0.29) is 35.2 Å². The van der Waals surface area contributed by atoms with Gasteiger partial charge in [-0.1, -0.05) is 28.9 Å². The summed E-state index contributed by atoms with van der Waals surface area (Å²) in [7, 11) is 6.92. The fourth-order valence-corrected chi connectivity index (χ4v) is 4.80. The number of hydrogen-bond donors (Lipinski definition) is 2. The number of pyridine rings is 1. The molecule has 0 spiro atoms. The summed E-state index contributed by atoms with van der Waals surface area (Å²) in [6.45, 7) is 0. The maximum Gasteiger partial charge on any atom is 0.261 e. The van der Waals surface area contributed by atoms with Crippen LogP contribution in [0.15, 0.2) is 48.8 Å². The van der Waals surface area contributed by atoms with Gasteiger partial charge in [-0.25, -0.2) is 17.9 Å². The number of nitrogens with one attached hydrogen (secondary N) is 2. The molecule has 2 aliphatic rings.